The molecular formula is C29H36N4O4. The first-order valence-corrected chi connectivity index (χ1v) is 12.8. The van der Waals surface area contributed by atoms with E-state index in [4.69, 9.17) is 14.6 Å². The van der Waals surface area contributed by atoms with Gasteiger partial charge in [-0.15, -0.1) is 0 Å². The minimum Gasteiger partial charge on any atom is -0.497 e. The van der Waals surface area contributed by atoms with Crippen LogP contribution < -0.4 is 14.8 Å². The topological polar surface area (TPSA) is 85.7 Å². The number of amides is 2. The van der Waals surface area contributed by atoms with Crippen molar-refractivity contribution in [3.63, 3.8) is 0 Å². The number of carbonyl (C=O) groups is 2. The van der Waals surface area contributed by atoms with Crippen molar-refractivity contribution in [2.45, 2.75) is 52.7 Å². The van der Waals surface area contributed by atoms with Crippen molar-refractivity contribution in [1.29, 1.82) is 0 Å². The van der Waals surface area contributed by atoms with Gasteiger partial charge in [0.15, 0.2) is 0 Å². The van der Waals surface area contributed by atoms with Gasteiger partial charge in [-0.25, -0.2) is 0 Å². The molecule has 37 heavy (non-hydrogen) atoms. The lowest BCUT2D eigenvalue weighted by Gasteiger charge is -2.43. The molecule has 1 aromatic heterocycles. The summed E-state index contributed by atoms with van der Waals surface area (Å²) >= 11 is 0. The van der Waals surface area contributed by atoms with Gasteiger partial charge in [0, 0.05) is 18.7 Å². The summed E-state index contributed by atoms with van der Waals surface area (Å²) in [5.74, 6) is 1.57. The summed E-state index contributed by atoms with van der Waals surface area (Å²) in [5, 5.41) is 7.79. The highest BCUT2D eigenvalue weighted by atomic mass is 16.5. The smallest absolute Gasteiger partial charge is 0.273 e. The van der Waals surface area contributed by atoms with Gasteiger partial charge in [0.05, 0.1) is 26.0 Å². The van der Waals surface area contributed by atoms with E-state index in [1.807, 2.05) is 62.4 Å². The molecule has 1 atom stereocenters. The number of nitrogens with zero attached hydrogens (tertiary/aromatic N) is 3. The molecule has 0 saturated carbocycles. The molecule has 0 bridgehead atoms. The standard InChI is InChI=1S/C29H36N4O4/c1-6-37-24-13-9-22(10-14-24)25-17-26-27(34)32(18-21-7-11-23(36-5)12-8-21)29(4,19-33(26)31-25)28(35)30-16-15-20(2)3/h7-14,17,20H,6,15-16,18-19H2,1-5H3,(H,30,35)/t29-/m0/s1. The van der Waals surface area contributed by atoms with Crippen LogP contribution in [0.5, 0.6) is 11.5 Å². The van der Waals surface area contributed by atoms with Gasteiger partial charge in [-0.2, -0.15) is 5.10 Å². The van der Waals surface area contributed by atoms with Crippen LogP contribution in [-0.4, -0.2) is 52.3 Å². The van der Waals surface area contributed by atoms with Crippen molar-refractivity contribution in [2.75, 3.05) is 20.3 Å². The van der Waals surface area contributed by atoms with Gasteiger partial charge >= 0.3 is 0 Å². The minimum atomic E-state index is -1.11. The monoisotopic (exact) mass is 504 g/mol. The van der Waals surface area contributed by atoms with Gasteiger partial charge in [-0.1, -0.05) is 26.0 Å². The Morgan fingerprint density at radius 2 is 1.78 bits per heavy atom. The molecule has 2 aromatic carbocycles. The van der Waals surface area contributed by atoms with Crippen molar-refractivity contribution in [1.82, 2.24) is 20.0 Å². The normalized spacial score (nSPS) is 17.0. The number of benzene rings is 2. The zero-order valence-electron chi connectivity index (χ0n) is 22.3. The van der Waals surface area contributed by atoms with Gasteiger partial charge in [-0.3, -0.25) is 14.3 Å². The lowest BCUT2D eigenvalue weighted by atomic mass is 9.94. The van der Waals surface area contributed by atoms with E-state index in [9.17, 15) is 9.59 Å². The van der Waals surface area contributed by atoms with Crippen molar-refractivity contribution in [2.24, 2.45) is 5.92 Å². The highest BCUT2D eigenvalue weighted by Crippen LogP contribution is 2.32. The van der Waals surface area contributed by atoms with E-state index in [1.54, 1.807) is 22.8 Å². The third-order valence-electron chi connectivity index (χ3n) is 6.75. The van der Waals surface area contributed by atoms with E-state index in [2.05, 4.69) is 19.2 Å². The van der Waals surface area contributed by atoms with Crippen LogP contribution >= 0.6 is 0 Å². The lowest BCUT2D eigenvalue weighted by molar-refractivity contribution is -0.133. The van der Waals surface area contributed by atoms with Crippen molar-refractivity contribution >= 4 is 11.8 Å². The second-order valence-corrected chi connectivity index (χ2v) is 9.98. The fraction of sp³-hybridized carbons (Fsp3) is 0.414. The highest BCUT2D eigenvalue weighted by molar-refractivity contribution is 6.00. The average Bonchev–Trinajstić information content (AvgIpc) is 3.31. The van der Waals surface area contributed by atoms with Crippen LogP contribution in [0.4, 0.5) is 0 Å². The Balaban J connectivity index is 1.67. The molecule has 0 spiro atoms. The SMILES string of the molecule is CCOc1ccc(-c2cc3n(n2)C[C@@](C)(C(=O)NCCC(C)C)N(Cc2ccc(OC)cc2)C3=O)cc1. The maximum Gasteiger partial charge on any atom is 0.273 e. The molecule has 0 radical (unpaired) electrons. The first-order chi connectivity index (χ1) is 17.7. The number of fused-ring (bicyclic) bond motifs is 1. The number of aromatic nitrogens is 2. The zero-order chi connectivity index (χ0) is 26.6. The summed E-state index contributed by atoms with van der Waals surface area (Å²) in [4.78, 5) is 29.1. The average molecular weight is 505 g/mol. The molecule has 196 valence electrons. The van der Waals surface area contributed by atoms with Gasteiger partial charge in [0.25, 0.3) is 5.91 Å². The summed E-state index contributed by atoms with van der Waals surface area (Å²) in [7, 11) is 1.62. The lowest BCUT2D eigenvalue weighted by Crippen LogP contribution is -2.63. The molecule has 8 heteroatoms. The molecule has 3 aromatic rings. The Kier molecular flexibility index (Phi) is 7.86. The summed E-state index contributed by atoms with van der Waals surface area (Å²) in [6.45, 7) is 9.69. The van der Waals surface area contributed by atoms with Gasteiger partial charge in [0.2, 0.25) is 5.91 Å². The molecule has 0 aliphatic carbocycles. The number of hydrogen-bond donors (Lipinski definition) is 1. The van der Waals surface area contributed by atoms with E-state index in [-0.39, 0.29) is 18.4 Å². The molecule has 0 saturated heterocycles. The molecule has 4 rings (SSSR count). The summed E-state index contributed by atoms with van der Waals surface area (Å²) in [6.07, 6.45) is 0.864. The van der Waals surface area contributed by atoms with Gasteiger partial charge in [-0.05, 0) is 74.2 Å². The van der Waals surface area contributed by atoms with Gasteiger partial charge in [0.1, 0.15) is 22.7 Å². The molecule has 0 unspecified atom stereocenters. The summed E-state index contributed by atoms with van der Waals surface area (Å²) in [6, 6.07) is 17.0. The molecule has 2 amide bonds. The molecule has 2 heterocycles. The van der Waals surface area contributed by atoms with E-state index in [1.165, 1.54) is 0 Å². The van der Waals surface area contributed by atoms with Crippen LogP contribution in [0, 0.1) is 5.92 Å². The maximum absolute atomic E-state index is 13.9. The summed E-state index contributed by atoms with van der Waals surface area (Å²) < 4.78 is 12.5. The number of nitrogens with one attached hydrogen (secondary N) is 1. The number of rotatable bonds is 10. The predicted octanol–water partition coefficient (Wildman–Crippen LogP) is 4.53. The first-order valence-electron chi connectivity index (χ1n) is 12.8. The number of ether oxygens (including phenoxy) is 2. The van der Waals surface area contributed by atoms with Crippen LogP contribution in [0.2, 0.25) is 0 Å². The molecule has 1 aliphatic heterocycles. The summed E-state index contributed by atoms with van der Waals surface area (Å²) in [5.41, 5.74) is 1.83. The van der Waals surface area contributed by atoms with Crippen molar-refractivity contribution in [3.8, 4) is 22.8 Å². The Labute approximate surface area is 218 Å². The van der Waals surface area contributed by atoms with Gasteiger partial charge < -0.3 is 19.7 Å². The second-order valence-electron chi connectivity index (χ2n) is 9.98. The first kappa shape index (κ1) is 26.3. The number of carbonyl (C=O) groups excluding carboxylic acids is 2. The quantitative estimate of drug-likeness (QED) is 0.438. The maximum atomic E-state index is 13.9. The van der Waals surface area contributed by atoms with E-state index < -0.39 is 5.54 Å². The van der Waals surface area contributed by atoms with Crippen molar-refractivity contribution in [3.05, 3.63) is 65.9 Å². The van der Waals surface area contributed by atoms with E-state index in [0.717, 1.165) is 29.0 Å². The van der Waals surface area contributed by atoms with Crippen LogP contribution in [0.15, 0.2) is 54.6 Å². The molecule has 1 N–H and O–H groups in total. The number of methoxy groups -OCH3 is 1. The Hall–Kier alpha value is -3.81. The van der Waals surface area contributed by atoms with Crippen LogP contribution in [-0.2, 0) is 17.9 Å². The molecular weight excluding hydrogens is 468 g/mol. The fourth-order valence-electron chi connectivity index (χ4n) is 4.50. The third kappa shape index (κ3) is 5.63. The van der Waals surface area contributed by atoms with Crippen LogP contribution in [0.3, 0.4) is 0 Å². The molecule has 8 nitrogen and oxygen atoms in total. The Morgan fingerprint density at radius 3 is 2.41 bits per heavy atom. The minimum absolute atomic E-state index is 0.182. The van der Waals surface area contributed by atoms with E-state index >= 15 is 0 Å². The largest absolute Gasteiger partial charge is 0.497 e. The fourth-order valence-corrected chi connectivity index (χ4v) is 4.50. The Bertz CT molecular complexity index is 1230. The van der Waals surface area contributed by atoms with Crippen LogP contribution in [0.1, 0.15) is 50.2 Å². The molecule has 1 aliphatic rings. The second kappa shape index (κ2) is 11.1. The number of hydrogen-bond acceptors (Lipinski definition) is 5. The highest BCUT2D eigenvalue weighted by Gasteiger charge is 2.47. The van der Waals surface area contributed by atoms with Crippen molar-refractivity contribution < 1.29 is 19.1 Å². The van der Waals surface area contributed by atoms with Crippen LogP contribution in [0.25, 0.3) is 11.3 Å². The molecule has 0 fully saturated rings. The Morgan fingerprint density at radius 1 is 1.11 bits per heavy atom. The predicted molar refractivity (Wildman–Crippen MR) is 143 cm³/mol. The zero-order valence-corrected chi connectivity index (χ0v) is 22.3. The third-order valence-corrected chi connectivity index (χ3v) is 6.75. The van der Waals surface area contributed by atoms with E-state index in [0.29, 0.717) is 37.0 Å².